The van der Waals surface area contributed by atoms with Gasteiger partial charge in [0.15, 0.2) is 12.0 Å². The number of methoxy groups -OCH3 is 2. The molecule has 0 saturated carbocycles. The number of rotatable bonds is 9. The molecule has 2 unspecified atom stereocenters. The number of carbonyl (C=O) groups is 2. The fraction of sp³-hybridized carbons (Fsp3) is 0.680. The van der Waals surface area contributed by atoms with E-state index < -0.39 is 24.5 Å². The summed E-state index contributed by atoms with van der Waals surface area (Å²) in [6, 6.07) is 0. The van der Waals surface area contributed by atoms with Crippen LogP contribution in [0.25, 0.3) is 11.0 Å². The molecular formula is C25H38N4O6. The van der Waals surface area contributed by atoms with Crippen molar-refractivity contribution in [1.82, 2.24) is 14.5 Å². The Morgan fingerprint density at radius 3 is 2.49 bits per heavy atom. The monoisotopic (exact) mass is 490 g/mol. The van der Waals surface area contributed by atoms with Gasteiger partial charge in [-0.05, 0) is 24.7 Å². The number of aliphatic hydroxyl groups excluding tert-OH is 1. The van der Waals surface area contributed by atoms with Gasteiger partial charge in [-0.15, -0.1) is 0 Å². The lowest BCUT2D eigenvalue weighted by Gasteiger charge is -2.27. The molecule has 0 aromatic carbocycles. The zero-order valence-corrected chi connectivity index (χ0v) is 21.9. The number of ketones is 1. The second-order valence-electron chi connectivity index (χ2n) is 10.7. The molecule has 10 nitrogen and oxygen atoms in total. The molecule has 1 aliphatic rings. The molecule has 3 heterocycles. The van der Waals surface area contributed by atoms with Gasteiger partial charge < -0.3 is 29.2 Å². The molecule has 1 amide bonds. The number of aromatic nitrogens is 3. The number of amides is 1. The lowest BCUT2D eigenvalue weighted by molar-refractivity contribution is -0.122. The van der Waals surface area contributed by atoms with E-state index in [4.69, 9.17) is 14.2 Å². The Balaban J connectivity index is 2.05. The van der Waals surface area contributed by atoms with Crippen molar-refractivity contribution in [3.63, 3.8) is 0 Å². The molecule has 0 spiro atoms. The first-order valence-corrected chi connectivity index (χ1v) is 11.9. The van der Waals surface area contributed by atoms with Gasteiger partial charge in [-0.25, -0.2) is 9.97 Å². The summed E-state index contributed by atoms with van der Waals surface area (Å²) in [5, 5.41) is 14.1. The van der Waals surface area contributed by atoms with Gasteiger partial charge >= 0.3 is 0 Å². The quantitative estimate of drug-likeness (QED) is 0.514. The van der Waals surface area contributed by atoms with E-state index in [-0.39, 0.29) is 41.4 Å². The summed E-state index contributed by atoms with van der Waals surface area (Å²) >= 11 is 0. The summed E-state index contributed by atoms with van der Waals surface area (Å²) in [4.78, 5) is 34.7. The third-order valence-corrected chi connectivity index (χ3v) is 6.39. The number of aliphatic hydroxyl groups is 1. The number of nitrogens with one attached hydrogen (secondary N) is 1. The van der Waals surface area contributed by atoms with Crippen molar-refractivity contribution in [3.8, 4) is 0 Å². The van der Waals surface area contributed by atoms with Gasteiger partial charge in [-0.3, -0.25) is 9.59 Å². The second kappa shape index (κ2) is 10.7. The van der Waals surface area contributed by atoms with Gasteiger partial charge in [-0.2, -0.15) is 0 Å². The van der Waals surface area contributed by atoms with E-state index in [2.05, 4.69) is 36.1 Å². The van der Waals surface area contributed by atoms with Gasteiger partial charge in [0.2, 0.25) is 5.91 Å². The topological polar surface area (TPSA) is 125 Å². The summed E-state index contributed by atoms with van der Waals surface area (Å²) in [5.74, 6) is -0.208. The largest absolute Gasteiger partial charge is 0.387 e. The molecule has 1 saturated heterocycles. The Bertz CT molecular complexity index is 1060. The van der Waals surface area contributed by atoms with E-state index in [1.807, 2.05) is 13.8 Å². The van der Waals surface area contributed by atoms with E-state index in [0.29, 0.717) is 23.0 Å². The molecule has 5 atom stereocenters. The summed E-state index contributed by atoms with van der Waals surface area (Å²) in [7, 11) is 3.01. The van der Waals surface area contributed by atoms with Crippen LogP contribution in [0.3, 0.4) is 0 Å². The highest BCUT2D eigenvalue weighted by Gasteiger charge is 2.46. The highest BCUT2D eigenvalue weighted by Crippen LogP contribution is 2.37. The number of ether oxygens (including phenoxy) is 3. The number of anilines is 1. The van der Waals surface area contributed by atoms with Crippen molar-refractivity contribution >= 4 is 28.5 Å². The Morgan fingerprint density at radius 1 is 1.26 bits per heavy atom. The third-order valence-electron chi connectivity index (χ3n) is 6.39. The SMILES string of the molecule is COC[C@H]1O[C@@H](n2cc(C(C)=O)c3c(NC(=O)C(CC(C)(C)C)C(C)C)ncnc32)[C@@H](OC)C1O. The molecule has 0 radical (unpaired) electrons. The second-order valence-corrected chi connectivity index (χ2v) is 10.7. The Morgan fingerprint density at radius 2 is 1.94 bits per heavy atom. The first-order chi connectivity index (χ1) is 16.4. The maximum Gasteiger partial charge on any atom is 0.228 e. The number of hydrogen-bond acceptors (Lipinski definition) is 8. The predicted molar refractivity (Wildman–Crippen MR) is 131 cm³/mol. The van der Waals surface area contributed by atoms with Crippen LogP contribution in [0.4, 0.5) is 5.82 Å². The predicted octanol–water partition coefficient (Wildman–Crippen LogP) is 3.20. The molecule has 1 aliphatic heterocycles. The molecule has 0 aliphatic carbocycles. The zero-order chi connectivity index (χ0) is 26.1. The number of nitrogens with zero attached hydrogens (tertiary/aromatic N) is 3. The normalized spacial score (nSPS) is 23.7. The fourth-order valence-electron chi connectivity index (χ4n) is 4.64. The van der Waals surface area contributed by atoms with E-state index in [9.17, 15) is 14.7 Å². The van der Waals surface area contributed by atoms with Gasteiger partial charge in [0.1, 0.15) is 36.1 Å². The number of carbonyl (C=O) groups excluding carboxylic acids is 2. The van der Waals surface area contributed by atoms with Crippen LogP contribution in [-0.4, -0.2) is 70.5 Å². The van der Waals surface area contributed by atoms with Crippen LogP contribution in [0.1, 0.15) is 64.5 Å². The molecule has 194 valence electrons. The summed E-state index contributed by atoms with van der Waals surface area (Å²) < 4.78 is 18.4. The molecule has 1 fully saturated rings. The van der Waals surface area contributed by atoms with Crippen LogP contribution in [0.5, 0.6) is 0 Å². The van der Waals surface area contributed by atoms with Gasteiger partial charge in [0, 0.05) is 31.9 Å². The molecule has 2 aromatic rings. The summed E-state index contributed by atoms with van der Waals surface area (Å²) in [6.45, 7) is 12.0. The van der Waals surface area contributed by atoms with Crippen molar-refractivity contribution in [2.24, 2.45) is 17.3 Å². The van der Waals surface area contributed by atoms with Crippen LogP contribution >= 0.6 is 0 Å². The van der Waals surface area contributed by atoms with Crippen LogP contribution in [0.2, 0.25) is 0 Å². The van der Waals surface area contributed by atoms with Gasteiger partial charge in [0.05, 0.1) is 12.0 Å². The highest BCUT2D eigenvalue weighted by atomic mass is 16.6. The minimum atomic E-state index is -0.937. The average Bonchev–Trinajstić information content (AvgIpc) is 3.30. The number of fused-ring (bicyclic) bond motifs is 1. The molecule has 3 rings (SSSR count). The highest BCUT2D eigenvalue weighted by molar-refractivity contribution is 6.12. The first-order valence-electron chi connectivity index (χ1n) is 11.9. The molecule has 35 heavy (non-hydrogen) atoms. The van der Waals surface area contributed by atoms with E-state index >= 15 is 0 Å². The van der Waals surface area contributed by atoms with E-state index in [1.165, 1.54) is 27.5 Å². The molecular weight excluding hydrogens is 452 g/mol. The maximum atomic E-state index is 13.3. The average molecular weight is 491 g/mol. The zero-order valence-electron chi connectivity index (χ0n) is 21.9. The standard InChI is InChI=1S/C25H38N4O6/c1-13(2)15(9-25(4,5)6)23(32)28-21-18-16(14(3)30)10-29(22(18)27-12-26-21)24-20(34-8)19(31)17(35-24)11-33-7/h10,12-13,15,17,19-20,24,31H,9,11H2,1-8H3,(H,26,27,28,32)/t15?,17-,19?,20+,24-/m1/s1. The van der Waals surface area contributed by atoms with Crippen molar-refractivity contribution in [2.45, 2.75) is 72.5 Å². The Kier molecular flexibility index (Phi) is 8.31. The molecule has 2 aromatic heterocycles. The van der Waals surface area contributed by atoms with Crippen LogP contribution in [-0.2, 0) is 19.0 Å². The van der Waals surface area contributed by atoms with Gasteiger partial charge in [0.25, 0.3) is 0 Å². The van der Waals surface area contributed by atoms with E-state index in [1.54, 1.807) is 10.8 Å². The van der Waals surface area contributed by atoms with Crippen LogP contribution < -0.4 is 5.32 Å². The lowest BCUT2D eigenvalue weighted by atomic mass is 9.79. The van der Waals surface area contributed by atoms with Crippen molar-refractivity contribution in [2.75, 3.05) is 26.1 Å². The first kappa shape index (κ1) is 27.2. The van der Waals surface area contributed by atoms with Crippen molar-refractivity contribution in [3.05, 3.63) is 18.1 Å². The third kappa shape index (κ3) is 5.72. The molecule has 2 N–H and O–H groups in total. The molecule has 10 heteroatoms. The molecule has 0 bridgehead atoms. The summed E-state index contributed by atoms with van der Waals surface area (Å²) in [6.07, 6.45) is 0.642. The number of Topliss-reactive ketones (excluding diaryl/α,β-unsaturated/α-hetero) is 1. The smallest absolute Gasteiger partial charge is 0.228 e. The fourth-order valence-corrected chi connectivity index (χ4v) is 4.64. The minimum absolute atomic E-state index is 0.0320. The van der Waals surface area contributed by atoms with Crippen LogP contribution in [0.15, 0.2) is 12.5 Å². The van der Waals surface area contributed by atoms with Crippen LogP contribution in [0, 0.1) is 17.3 Å². The van der Waals surface area contributed by atoms with Gasteiger partial charge in [-0.1, -0.05) is 34.6 Å². The summed E-state index contributed by atoms with van der Waals surface area (Å²) in [5.41, 5.74) is 0.709. The van der Waals surface area contributed by atoms with Crippen molar-refractivity contribution in [1.29, 1.82) is 0 Å². The van der Waals surface area contributed by atoms with Crippen molar-refractivity contribution < 1.29 is 28.9 Å². The number of hydrogen-bond donors (Lipinski definition) is 2. The Labute approximate surface area is 206 Å². The Hall–Kier alpha value is -2.40. The lowest BCUT2D eigenvalue weighted by Crippen LogP contribution is -2.35. The maximum absolute atomic E-state index is 13.3. The van der Waals surface area contributed by atoms with E-state index in [0.717, 1.165) is 0 Å². The minimum Gasteiger partial charge on any atom is -0.387 e.